The second kappa shape index (κ2) is 11.2. The first-order valence-corrected chi connectivity index (χ1v) is 11.0. The van der Waals surface area contributed by atoms with E-state index in [2.05, 4.69) is 12.2 Å². The largest absolute Gasteiger partial charge is 0.493 e. The lowest BCUT2D eigenvalue weighted by molar-refractivity contribution is -0.139. The number of nitrogens with zero attached hydrogens (tertiary/aromatic N) is 1. The first-order valence-electron chi connectivity index (χ1n) is 9.99. The van der Waals surface area contributed by atoms with Crippen LogP contribution in [0.3, 0.4) is 0 Å². The molecule has 0 bridgehead atoms. The number of hydrogen-bond acceptors (Lipinski definition) is 5. The van der Waals surface area contributed by atoms with Gasteiger partial charge >= 0.3 is 0 Å². The van der Waals surface area contributed by atoms with E-state index in [1.54, 1.807) is 30.9 Å². The monoisotopic (exact) mass is 408 g/mol. The highest BCUT2D eigenvalue weighted by atomic mass is 32.2. The summed E-state index contributed by atoms with van der Waals surface area (Å²) in [5.74, 6) is 1.77. The number of thioether (sulfide) groups is 1. The van der Waals surface area contributed by atoms with Crippen molar-refractivity contribution >= 4 is 23.6 Å². The maximum atomic E-state index is 12.7. The maximum Gasteiger partial charge on any atom is 0.243 e. The third-order valence-electron chi connectivity index (χ3n) is 4.92. The van der Waals surface area contributed by atoms with Crippen LogP contribution in [0.5, 0.6) is 11.5 Å². The lowest BCUT2D eigenvalue weighted by Gasteiger charge is -2.29. The number of hydrogen-bond donors (Lipinski definition) is 1. The summed E-state index contributed by atoms with van der Waals surface area (Å²) in [6.07, 6.45) is 4.79. The first-order chi connectivity index (χ1) is 13.6. The van der Waals surface area contributed by atoms with Gasteiger partial charge in [-0.3, -0.25) is 9.59 Å². The number of benzene rings is 1. The summed E-state index contributed by atoms with van der Waals surface area (Å²) in [6.45, 7) is 4.66. The number of ether oxygens (including phenoxy) is 2. The Morgan fingerprint density at radius 1 is 1.14 bits per heavy atom. The fraction of sp³-hybridized carbons (Fsp3) is 0.619. The molecule has 1 aliphatic rings. The molecule has 0 saturated carbocycles. The van der Waals surface area contributed by atoms with Gasteiger partial charge in [-0.15, -0.1) is 11.8 Å². The van der Waals surface area contributed by atoms with Gasteiger partial charge in [0.05, 0.1) is 14.2 Å². The molecular weight excluding hydrogens is 376 g/mol. The van der Waals surface area contributed by atoms with E-state index < -0.39 is 6.04 Å². The van der Waals surface area contributed by atoms with E-state index in [0.29, 0.717) is 30.2 Å². The van der Waals surface area contributed by atoms with Crippen LogP contribution in [0.1, 0.15) is 56.9 Å². The van der Waals surface area contributed by atoms with E-state index in [4.69, 9.17) is 9.47 Å². The van der Waals surface area contributed by atoms with Gasteiger partial charge in [-0.05, 0) is 24.1 Å². The fourth-order valence-corrected chi connectivity index (χ4v) is 4.78. The van der Waals surface area contributed by atoms with Gasteiger partial charge in [0, 0.05) is 18.7 Å². The smallest absolute Gasteiger partial charge is 0.243 e. The molecule has 6 nitrogen and oxygen atoms in total. The molecule has 0 spiro atoms. The number of amides is 2. The van der Waals surface area contributed by atoms with Crippen LogP contribution in [0.2, 0.25) is 0 Å². The van der Waals surface area contributed by atoms with Crippen molar-refractivity contribution in [1.82, 2.24) is 10.2 Å². The fourth-order valence-electron chi connectivity index (χ4n) is 3.34. The highest BCUT2D eigenvalue weighted by Gasteiger charge is 2.41. The molecule has 2 atom stereocenters. The van der Waals surface area contributed by atoms with Gasteiger partial charge in [-0.25, -0.2) is 0 Å². The van der Waals surface area contributed by atoms with Crippen LogP contribution in [0.25, 0.3) is 0 Å². The van der Waals surface area contributed by atoms with Gasteiger partial charge in [0.25, 0.3) is 0 Å². The minimum Gasteiger partial charge on any atom is -0.493 e. The zero-order valence-corrected chi connectivity index (χ0v) is 18.1. The average molecular weight is 409 g/mol. The van der Waals surface area contributed by atoms with E-state index in [-0.39, 0.29) is 17.2 Å². The Bertz CT molecular complexity index is 668. The van der Waals surface area contributed by atoms with Gasteiger partial charge in [0.15, 0.2) is 11.5 Å². The normalized spacial score (nSPS) is 18.8. The van der Waals surface area contributed by atoms with E-state index in [0.717, 1.165) is 18.4 Å². The minimum atomic E-state index is -0.443. The van der Waals surface area contributed by atoms with Crippen LogP contribution < -0.4 is 14.8 Å². The number of carbonyl (C=O) groups is 2. The van der Waals surface area contributed by atoms with Crippen LogP contribution in [0.15, 0.2) is 18.2 Å². The second-order valence-electron chi connectivity index (χ2n) is 6.82. The Kier molecular flexibility index (Phi) is 8.96. The summed E-state index contributed by atoms with van der Waals surface area (Å²) in [6, 6.07) is 5.21. The van der Waals surface area contributed by atoms with Crippen LogP contribution in [0.4, 0.5) is 0 Å². The van der Waals surface area contributed by atoms with Gasteiger partial charge in [0.1, 0.15) is 11.4 Å². The summed E-state index contributed by atoms with van der Waals surface area (Å²) in [5, 5.41) is 2.81. The Hall–Kier alpha value is -1.89. The summed E-state index contributed by atoms with van der Waals surface area (Å²) in [7, 11) is 3.18. The predicted molar refractivity (Wildman–Crippen MR) is 113 cm³/mol. The van der Waals surface area contributed by atoms with Gasteiger partial charge in [-0.1, -0.05) is 39.2 Å². The number of methoxy groups -OCH3 is 2. The lowest BCUT2D eigenvalue weighted by atomic mass is 10.1. The molecule has 7 heteroatoms. The third kappa shape index (κ3) is 5.34. The number of nitrogens with one attached hydrogen (secondary N) is 1. The highest BCUT2D eigenvalue weighted by Crippen LogP contribution is 2.44. The molecule has 2 amide bonds. The van der Waals surface area contributed by atoms with Crippen molar-refractivity contribution in [3.63, 3.8) is 0 Å². The Morgan fingerprint density at radius 3 is 2.54 bits per heavy atom. The molecule has 0 radical (unpaired) electrons. The summed E-state index contributed by atoms with van der Waals surface area (Å²) >= 11 is 1.61. The predicted octanol–water partition coefficient (Wildman–Crippen LogP) is 3.75. The molecule has 0 aromatic heterocycles. The number of rotatable bonds is 10. The van der Waals surface area contributed by atoms with E-state index in [1.165, 1.54) is 12.8 Å². The Balaban J connectivity index is 2.14. The number of carbonyl (C=O) groups excluding carboxylic acids is 2. The van der Waals surface area contributed by atoms with Gasteiger partial charge in [-0.2, -0.15) is 0 Å². The SMILES string of the molecule is CCCCCCNC(=O)C1CSC(c2ccc(OC)c(OC)c2)N1C(=O)CC. The van der Waals surface area contributed by atoms with Crippen molar-refractivity contribution in [3.05, 3.63) is 23.8 Å². The molecule has 1 saturated heterocycles. The first kappa shape index (κ1) is 22.4. The quantitative estimate of drug-likeness (QED) is 0.597. The zero-order chi connectivity index (χ0) is 20.5. The van der Waals surface area contributed by atoms with Crippen molar-refractivity contribution in [2.75, 3.05) is 26.5 Å². The summed E-state index contributed by atoms with van der Waals surface area (Å²) < 4.78 is 10.7. The molecule has 0 aliphatic carbocycles. The van der Waals surface area contributed by atoms with Crippen LogP contribution >= 0.6 is 11.8 Å². The van der Waals surface area contributed by atoms with Crippen molar-refractivity contribution in [2.45, 2.75) is 57.4 Å². The van der Waals surface area contributed by atoms with E-state index in [9.17, 15) is 9.59 Å². The van der Waals surface area contributed by atoms with Crippen molar-refractivity contribution < 1.29 is 19.1 Å². The van der Waals surface area contributed by atoms with Crippen molar-refractivity contribution in [3.8, 4) is 11.5 Å². The van der Waals surface area contributed by atoms with Crippen LogP contribution in [-0.2, 0) is 9.59 Å². The molecule has 1 N–H and O–H groups in total. The summed E-state index contributed by atoms with van der Waals surface area (Å²) in [4.78, 5) is 27.2. The Labute approximate surface area is 172 Å². The molecule has 2 rings (SSSR count). The highest BCUT2D eigenvalue weighted by molar-refractivity contribution is 7.99. The number of unbranched alkanes of at least 4 members (excludes halogenated alkanes) is 3. The molecule has 156 valence electrons. The molecule has 28 heavy (non-hydrogen) atoms. The second-order valence-corrected chi connectivity index (χ2v) is 7.94. The van der Waals surface area contributed by atoms with E-state index in [1.807, 2.05) is 25.1 Å². The Morgan fingerprint density at radius 2 is 1.89 bits per heavy atom. The summed E-state index contributed by atoms with van der Waals surface area (Å²) in [5.41, 5.74) is 0.933. The third-order valence-corrected chi connectivity index (χ3v) is 6.24. The van der Waals surface area contributed by atoms with Crippen LogP contribution in [-0.4, -0.2) is 49.3 Å². The molecule has 1 aromatic carbocycles. The van der Waals surface area contributed by atoms with Crippen molar-refractivity contribution in [1.29, 1.82) is 0 Å². The zero-order valence-electron chi connectivity index (χ0n) is 17.3. The maximum absolute atomic E-state index is 12.7. The molecular formula is C21H32N2O4S. The van der Waals surface area contributed by atoms with Gasteiger partial charge < -0.3 is 19.7 Å². The minimum absolute atomic E-state index is 0.0177. The molecule has 1 aromatic rings. The van der Waals surface area contributed by atoms with E-state index >= 15 is 0 Å². The molecule has 2 unspecified atom stereocenters. The van der Waals surface area contributed by atoms with Crippen LogP contribution in [0, 0.1) is 0 Å². The average Bonchev–Trinajstić information content (AvgIpc) is 3.17. The topological polar surface area (TPSA) is 67.9 Å². The van der Waals surface area contributed by atoms with Crippen molar-refractivity contribution in [2.24, 2.45) is 0 Å². The lowest BCUT2D eigenvalue weighted by Crippen LogP contribution is -2.48. The standard InChI is InChI=1S/C21H32N2O4S/c1-5-7-8-9-12-22-20(25)16-14-28-21(23(16)19(24)6-2)15-10-11-17(26-3)18(13-15)27-4/h10-11,13,16,21H,5-9,12,14H2,1-4H3,(H,22,25). The molecule has 1 fully saturated rings. The molecule has 1 aliphatic heterocycles. The molecule has 1 heterocycles. The van der Waals surface area contributed by atoms with Gasteiger partial charge in [0.2, 0.25) is 11.8 Å².